The van der Waals surface area contributed by atoms with E-state index in [9.17, 15) is 4.79 Å². The van der Waals surface area contributed by atoms with Gasteiger partial charge in [-0.2, -0.15) is 4.98 Å². The van der Waals surface area contributed by atoms with E-state index in [0.717, 1.165) is 45.8 Å². The van der Waals surface area contributed by atoms with Gasteiger partial charge in [0.15, 0.2) is 0 Å². The number of amides is 1. The van der Waals surface area contributed by atoms with Crippen LogP contribution >= 0.6 is 22.9 Å². The standard InChI is InChI=1S/C24H22ClN7O3S/c1-12-9-26-20-18-16(36-21(20)22(33)28-12)4-3-15-19(18)27-10-17(30-15)35-23-14(13(2)29-24(25)31-23)11-32-5-7-34-8-6-32/h3-4,10,26H,5-9,11H2,1-2H3. The number of morpholine rings is 1. The van der Waals surface area contributed by atoms with Crippen LogP contribution in [0.1, 0.15) is 27.9 Å². The summed E-state index contributed by atoms with van der Waals surface area (Å²) in [5.74, 6) is 0.417. The van der Waals surface area contributed by atoms with E-state index in [1.165, 1.54) is 11.3 Å². The van der Waals surface area contributed by atoms with Gasteiger partial charge in [-0.15, -0.1) is 11.3 Å². The molecule has 1 N–H and O–H groups in total. The van der Waals surface area contributed by atoms with E-state index >= 15 is 0 Å². The number of rotatable bonds is 4. The number of benzene rings is 1. The number of carbonyl (C=O) groups is 1. The molecular weight excluding hydrogens is 502 g/mol. The summed E-state index contributed by atoms with van der Waals surface area (Å²) in [5.41, 5.74) is 4.41. The zero-order valence-electron chi connectivity index (χ0n) is 19.7. The van der Waals surface area contributed by atoms with Crippen LogP contribution in [0.2, 0.25) is 5.28 Å². The molecule has 0 atom stereocenters. The highest BCUT2D eigenvalue weighted by molar-refractivity contribution is 7.21. The van der Waals surface area contributed by atoms with E-state index in [0.29, 0.717) is 54.0 Å². The van der Waals surface area contributed by atoms with Crippen molar-refractivity contribution in [2.24, 2.45) is 4.99 Å². The van der Waals surface area contributed by atoms with Crippen molar-refractivity contribution >= 4 is 61.4 Å². The molecule has 0 radical (unpaired) electrons. The van der Waals surface area contributed by atoms with Gasteiger partial charge in [-0.05, 0) is 37.6 Å². The van der Waals surface area contributed by atoms with Crippen molar-refractivity contribution < 1.29 is 14.3 Å². The molecule has 10 nitrogen and oxygen atoms in total. The van der Waals surface area contributed by atoms with E-state index in [1.54, 1.807) is 6.20 Å². The predicted molar refractivity (Wildman–Crippen MR) is 139 cm³/mol. The van der Waals surface area contributed by atoms with Gasteiger partial charge in [0.25, 0.3) is 5.91 Å². The number of hydrogen-bond donors (Lipinski definition) is 1. The highest BCUT2D eigenvalue weighted by Gasteiger charge is 2.24. The fourth-order valence-corrected chi connectivity index (χ4v) is 5.65. The zero-order chi connectivity index (χ0) is 24.8. The monoisotopic (exact) mass is 523 g/mol. The molecule has 2 aliphatic heterocycles. The maximum absolute atomic E-state index is 12.6. The lowest BCUT2D eigenvalue weighted by Gasteiger charge is -2.27. The van der Waals surface area contributed by atoms with E-state index in [-0.39, 0.29) is 11.2 Å². The van der Waals surface area contributed by atoms with Crippen LogP contribution in [0.5, 0.6) is 11.8 Å². The first-order valence-corrected chi connectivity index (χ1v) is 12.7. The maximum atomic E-state index is 12.6. The Bertz CT molecular complexity index is 1550. The Kier molecular flexibility index (Phi) is 6.00. The van der Waals surface area contributed by atoms with Crippen LogP contribution in [0, 0.1) is 6.92 Å². The molecule has 3 aromatic heterocycles. The van der Waals surface area contributed by atoms with Gasteiger partial charge in [0.05, 0.1) is 53.9 Å². The van der Waals surface area contributed by atoms with Gasteiger partial charge in [0.2, 0.25) is 17.0 Å². The number of fused-ring (bicyclic) bond motifs is 5. The Morgan fingerprint density at radius 1 is 1.19 bits per heavy atom. The second-order valence-corrected chi connectivity index (χ2v) is 10.1. The second kappa shape index (κ2) is 9.32. The van der Waals surface area contributed by atoms with Gasteiger partial charge in [-0.1, -0.05) is 0 Å². The van der Waals surface area contributed by atoms with Crippen LogP contribution in [-0.4, -0.2) is 69.3 Å². The molecule has 12 heteroatoms. The summed E-state index contributed by atoms with van der Waals surface area (Å²) >= 11 is 7.57. The molecule has 0 aliphatic carbocycles. The van der Waals surface area contributed by atoms with Crippen LogP contribution < -0.4 is 10.1 Å². The average Bonchev–Trinajstić information content (AvgIpc) is 3.18. The number of nitrogens with one attached hydrogen (secondary N) is 1. The lowest BCUT2D eigenvalue weighted by molar-refractivity contribution is 0.0337. The third-order valence-corrected chi connectivity index (χ3v) is 7.50. The van der Waals surface area contributed by atoms with Gasteiger partial charge in [0.1, 0.15) is 4.88 Å². The van der Waals surface area contributed by atoms with Crippen molar-refractivity contribution in [1.82, 2.24) is 24.8 Å². The molecule has 0 bridgehead atoms. The predicted octanol–water partition coefficient (Wildman–Crippen LogP) is 4.25. The molecule has 0 unspecified atom stereocenters. The van der Waals surface area contributed by atoms with Crippen LogP contribution in [0.3, 0.4) is 0 Å². The number of carbonyl (C=O) groups excluding carboxylic acids is 1. The summed E-state index contributed by atoms with van der Waals surface area (Å²) < 4.78 is 12.5. The topological polar surface area (TPSA) is 115 Å². The summed E-state index contributed by atoms with van der Waals surface area (Å²) in [5, 5.41) is 4.32. The second-order valence-electron chi connectivity index (χ2n) is 8.68. The van der Waals surface area contributed by atoms with E-state index in [1.807, 2.05) is 26.0 Å². The summed E-state index contributed by atoms with van der Waals surface area (Å²) in [4.78, 5) is 37.6. The van der Waals surface area contributed by atoms with Crippen LogP contribution in [0.4, 0.5) is 5.69 Å². The fraction of sp³-hybridized carbons (Fsp3) is 0.333. The number of thiophene rings is 1. The molecule has 0 spiro atoms. The number of ether oxygens (including phenoxy) is 2. The number of nitrogens with zero attached hydrogens (tertiary/aromatic N) is 6. The molecule has 6 rings (SSSR count). The van der Waals surface area contributed by atoms with Gasteiger partial charge in [-0.25, -0.2) is 19.9 Å². The Hall–Kier alpha value is -3.25. The van der Waals surface area contributed by atoms with Gasteiger partial charge >= 0.3 is 0 Å². The van der Waals surface area contributed by atoms with Crippen LogP contribution in [0.25, 0.3) is 21.1 Å². The smallest absolute Gasteiger partial charge is 0.289 e. The number of aliphatic imine (C=N–C) groups is 1. The number of aromatic nitrogens is 4. The molecule has 1 saturated heterocycles. The molecule has 1 aromatic carbocycles. The highest BCUT2D eigenvalue weighted by Crippen LogP contribution is 2.41. The van der Waals surface area contributed by atoms with Gasteiger partial charge < -0.3 is 14.8 Å². The normalized spacial score (nSPS) is 16.5. The van der Waals surface area contributed by atoms with E-state index in [4.69, 9.17) is 26.1 Å². The summed E-state index contributed by atoms with van der Waals surface area (Å²) in [6.45, 7) is 7.85. The largest absolute Gasteiger partial charge is 0.418 e. The molecular formula is C24H22ClN7O3S. The Labute approximate surface area is 215 Å². The molecule has 4 aromatic rings. The first-order chi connectivity index (χ1) is 17.5. The van der Waals surface area contributed by atoms with E-state index < -0.39 is 0 Å². The van der Waals surface area contributed by atoms with Crippen molar-refractivity contribution in [2.45, 2.75) is 20.4 Å². The Morgan fingerprint density at radius 3 is 2.86 bits per heavy atom. The quantitative estimate of drug-likeness (QED) is 0.392. The van der Waals surface area contributed by atoms with Crippen molar-refractivity contribution in [3.8, 4) is 11.8 Å². The molecule has 1 amide bonds. The fourth-order valence-electron chi connectivity index (χ4n) is 4.38. The molecule has 2 aliphatic rings. The first-order valence-electron chi connectivity index (χ1n) is 11.5. The summed E-state index contributed by atoms with van der Waals surface area (Å²) in [6, 6.07) is 3.82. The third-order valence-electron chi connectivity index (χ3n) is 6.19. The summed E-state index contributed by atoms with van der Waals surface area (Å²) in [6.07, 6.45) is 1.57. The van der Waals surface area contributed by atoms with Gasteiger partial charge in [0, 0.05) is 35.4 Å². The highest BCUT2D eigenvalue weighted by atomic mass is 35.5. The number of halogens is 1. The lowest BCUT2D eigenvalue weighted by Crippen LogP contribution is -2.36. The number of hydrogen-bond acceptors (Lipinski definition) is 10. The van der Waals surface area contributed by atoms with Crippen molar-refractivity contribution in [3.63, 3.8) is 0 Å². The van der Waals surface area contributed by atoms with Crippen molar-refractivity contribution in [3.05, 3.63) is 39.7 Å². The summed E-state index contributed by atoms with van der Waals surface area (Å²) in [7, 11) is 0. The van der Waals surface area contributed by atoms with Crippen molar-refractivity contribution in [2.75, 3.05) is 38.2 Å². The molecule has 0 saturated carbocycles. The number of aryl methyl sites for hydroxylation is 1. The molecule has 1 fully saturated rings. The third kappa shape index (κ3) is 4.28. The first kappa shape index (κ1) is 23.2. The molecule has 36 heavy (non-hydrogen) atoms. The molecule has 5 heterocycles. The van der Waals surface area contributed by atoms with Gasteiger partial charge in [-0.3, -0.25) is 9.69 Å². The zero-order valence-corrected chi connectivity index (χ0v) is 21.2. The minimum atomic E-state index is -0.237. The van der Waals surface area contributed by atoms with Crippen LogP contribution in [0.15, 0.2) is 23.3 Å². The van der Waals surface area contributed by atoms with Crippen LogP contribution in [-0.2, 0) is 11.3 Å². The molecule has 184 valence electrons. The SMILES string of the molecule is CC1=NC(=O)c2sc3ccc4nc(Oc5nc(Cl)nc(C)c5CN5CCOCC5)cnc4c3c2NC1. The maximum Gasteiger partial charge on any atom is 0.289 e. The van der Waals surface area contributed by atoms with Crippen molar-refractivity contribution in [1.29, 1.82) is 0 Å². The Balaban J connectivity index is 1.37. The number of anilines is 1. The minimum absolute atomic E-state index is 0.109. The minimum Gasteiger partial charge on any atom is -0.418 e. The average molecular weight is 524 g/mol. The lowest BCUT2D eigenvalue weighted by atomic mass is 10.1. The van der Waals surface area contributed by atoms with E-state index in [2.05, 4.69) is 30.2 Å². The Morgan fingerprint density at radius 2 is 2.03 bits per heavy atom.